The molecular weight excluding hydrogens is 544 g/mol. The Morgan fingerprint density at radius 2 is 1.49 bits per heavy atom. The smallest absolute Gasteiger partial charge is 0.258 e. The average molecular weight is 579 g/mol. The van der Waals surface area contributed by atoms with Gasteiger partial charge in [0.15, 0.2) is 11.5 Å². The molecular formula is C34H34N4O5. The van der Waals surface area contributed by atoms with Crippen molar-refractivity contribution in [3.05, 3.63) is 119 Å². The summed E-state index contributed by atoms with van der Waals surface area (Å²) >= 11 is 0. The van der Waals surface area contributed by atoms with Gasteiger partial charge >= 0.3 is 0 Å². The maximum Gasteiger partial charge on any atom is 0.258 e. The van der Waals surface area contributed by atoms with Crippen LogP contribution in [-0.4, -0.2) is 39.1 Å². The number of allylic oxidation sites excluding steroid dienone is 1. The number of amides is 2. The molecule has 0 bridgehead atoms. The number of methoxy groups -OCH3 is 3. The molecule has 0 saturated carbocycles. The van der Waals surface area contributed by atoms with Crippen molar-refractivity contribution in [1.29, 1.82) is 0 Å². The number of hydrogen-bond donors (Lipinski definition) is 3. The molecule has 9 heteroatoms. The highest BCUT2D eigenvalue weighted by Gasteiger charge is 2.17. The molecule has 0 aliphatic rings. The number of ether oxygens (including phenoxy) is 3. The van der Waals surface area contributed by atoms with Gasteiger partial charge in [-0.05, 0) is 66.4 Å². The zero-order chi connectivity index (χ0) is 30.8. The zero-order valence-electron chi connectivity index (χ0n) is 24.5. The van der Waals surface area contributed by atoms with Gasteiger partial charge in [-0.1, -0.05) is 60.7 Å². The number of nitrogens with zero attached hydrogens (tertiary/aromatic N) is 1. The topological polar surface area (TPSA) is 124 Å². The van der Waals surface area contributed by atoms with Gasteiger partial charge in [-0.3, -0.25) is 14.9 Å². The summed E-state index contributed by atoms with van der Waals surface area (Å²) in [6.07, 6.45) is 4.93. The van der Waals surface area contributed by atoms with Gasteiger partial charge in [-0.15, -0.1) is 0 Å². The van der Waals surface area contributed by atoms with Crippen molar-refractivity contribution in [1.82, 2.24) is 5.32 Å². The van der Waals surface area contributed by atoms with Crippen LogP contribution in [0.3, 0.4) is 0 Å². The minimum atomic E-state index is -0.514. The van der Waals surface area contributed by atoms with Crippen LogP contribution in [0.4, 0.5) is 11.4 Å². The van der Waals surface area contributed by atoms with Gasteiger partial charge in [-0.25, -0.2) is 4.99 Å². The summed E-state index contributed by atoms with van der Waals surface area (Å²) in [5.41, 5.74) is 10.9. The molecule has 4 rings (SSSR count). The van der Waals surface area contributed by atoms with E-state index in [1.54, 1.807) is 24.3 Å². The largest absolute Gasteiger partial charge is 0.493 e. The minimum Gasteiger partial charge on any atom is -0.493 e. The van der Waals surface area contributed by atoms with Crippen molar-refractivity contribution in [2.75, 3.05) is 26.6 Å². The lowest BCUT2D eigenvalue weighted by Gasteiger charge is -2.14. The van der Waals surface area contributed by atoms with E-state index in [9.17, 15) is 9.59 Å². The monoisotopic (exact) mass is 578 g/mol. The average Bonchev–Trinajstić information content (AvgIpc) is 3.02. The van der Waals surface area contributed by atoms with Crippen molar-refractivity contribution in [2.45, 2.75) is 13.3 Å². The number of guanidine groups is 1. The van der Waals surface area contributed by atoms with E-state index in [-0.39, 0.29) is 17.4 Å². The quantitative estimate of drug-likeness (QED) is 0.159. The maximum atomic E-state index is 13.0. The molecule has 0 spiro atoms. The number of hydrogen-bond acceptors (Lipinski definition) is 6. The first-order valence-corrected chi connectivity index (χ1v) is 13.5. The van der Waals surface area contributed by atoms with E-state index in [0.717, 1.165) is 23.1 Å². The van der Waals surface area contributed by atoms with Crippen LogP contribution in [0, 0.1) is 6.92 Å². The molecule has 0 radical (unpaired) electrons. The number of anilines is 1. The normalized spacial score (nSPS) is 11.2. The highest BCUT2D eigenvalue weighted by atomic mass is 16.5. The first-order chi connectivity index (χ1) is 20.8. The molecule has 0 fully saturated rings. The predicted molar refractivity (Wildman–Crippen MR) is 170 cm³/mol. The van der Waals surface area contributed by atoms with Gasteiger partial charge < -0.3 is 25.3 Å². The number of benzene rings is 4. The van der Waals surface area contributed by atoms with Crippen molar-refractivity contribution in [2.24, 2.45) is 10.7 Å². The molecule has 0 heterocycles. The molecule has 220 valence electrons. The van der Waals surface area contributed by atoms with E-state index in [2.05, 4.69) is 39.9 Å². The highest BCUT2D eigenvalue weighted by molar-refractivity contribution is 6.07. The summed E-state index contributed by atoms with van der Waals surface area (Å²) in [7, 11) is 4.40. The van der Waals surface area contributed by atoms with Gasteiger partial charge in [0.2, 0.25) is 11.7 Å². The van der Waals surface area contributed by atoms with Gasteiger partial charge in [0.05, 0.1) is 27.0 Å². The molecule has 4 aromatic rings. The number of aliphatic imine (C=N–C) groups is 1. The van der Waals surface area contributed by atoms with Gasteiger partial charge in [0.1, 0.15) is 0 Å². The molecule has 0 atom stereocenters. The third-order valence-electron chi connectivity index (χ3n) is 6.57. The number of rotatable bonds is 10. The number of aryl methyl sites for hydroxylation is 1. The second kappa shape index (κ2) is 14.4. The van der Waals surface area contributed by atoms with Crippen LogP contribution in [0.25, 0.3) is 6.08 Å². The van der Waals surface area contributed by atoms with Crippen LogP contribution in [0.15, 0.2) is 96.0 Å². The van der Waals surface area contributed by atoms with Crippen molar-refractivity contribution in [3.63, 3.8) is 0 Å². The fourth-order valence-corrected chi connectivity index (χ4v) is 4.26. The summed E-state index contributed by atoms with van der Waals surface area (Å²) in [5.74, 6) is 0.132. The zero-order valence-corrected chi connectivity index (χ0v) is 24.5. The molecule has 2 amide bonds. The SMILES string of the molecule is COc1cc(C(=O)NC(N)=Nc2ccc(C)c(NC(=O)c3ccc(C/C=C/c4ccccc4)cc3)c2)cc(OC)c1OC. The molecule has 0 aromatic heterocycles. The summed E-state index contributed by atoms with van der Waals surface area (Å²) in [6, 6.07) is 25.8. The standard InChI is InChI=1S/C34H34N4O5/c1-22-13-18-27(36-34(35)38-33(40)26-19-29(41-2)31(43-4)30(20-26)42-3)21-28(22)37-32(39)25-16-14-24(15-17-25)12-8-11-23-9-6-5-7-10-23/h5-11,13-21H,12H2,1-4H3,(H,37,39)(H3,35,36,38,40)/b11-8+. The lowest BCUT2D eigenvalue weighted by Crippen LogP contribution is -2.36. The Balaban J connectivity index is 1.41. The van der Waals surface area contributed by atoms with Gasteiger partial charge in [0.25, 0.3) is 11.8 Å². The third-order valence-corrected chi connectivity index (χ3v) is 6.57. The summed E-state index contributed by atoms with van der Waals surface area (Å²) in [6.45, 7) is 1.88. The number of carbonyl (C=O) groups is 2. The summed E-state index contributed by atoms with van der Waals surface area (Å²) in [4.78, 5) is 30.2. The van der Waals surface area contributed by atoms with E-state index in [4.69, 9.17) is 19.9 Å². The molecule has 9 nitrogen and oxygen atoms in total. The van der Waals surface area contributed by atoms with Crippen molar-refractivity contribution < 1.29 is 23.8 Å². The number of nitrogens with one attached hydrogen (secondary N) is 2. The van der Waals surface area contributed by atoms with Gasteiger partial charge in [0, 0.05) is 16.8 Å². The van der Waals surface area contributed by atoms with Crippen LogP contribution >= 0.6 is 0 Å². The molecule has 0 unspecified atom stereocenters. The van der Waals surface area contributed by atoms with Crippen LogP contribution in [0.2, 0.25) is 0 Å². The second-order valence-electron chi connectivity index (χ2n) is 9.53. The number of nitrogens with two attached hydrogens (primary N) is 1. The van der Waals surface area contributed by atoms with Crippen LogP contribution in [0.5, 0.6) is 17.2 Å². The third kappa shape index (κ3) is 8.01. The van der Waals surface area contributed by atoms with E-state index in [1.807, 2.05) is 43.3 Å². The van der Waals surface area contributed by atoms with Crippen LogP contribution in [0.1, 0.15) is 37.4 Å². The first kappa shape index (κ1) is 30.4. The molecule has 4 aromatic carbocycles. The summed E-state index contributed by atoms with van der Waals surface area (Å²) < 4.78 is 15.9. The predicted octanol–water partition coefficient (Wildman–Crippen LogP) is 5.91. The first-order valence-electron chi connectivity index (χ1n) is 13.5. The maximum absolute atomic E-state index is 13.0. The van der Waals surface area contributed by atoms with Crippen molar-refractivity contribution in [3.8, 4) is 17.2 Å². The van der Waals surface area contributed by atoms with Gasteiger partial charge in [-0.2, -0.15) is 0 Å². The Labute approximate surface area is 251 Å². The second-order valence-corrected chi connectivity index (χ2v) is 9.53. The van der Waals surface area contributed by atoms with E-state index >= 15 is 0 Å². The van der Waals surface area contributed by atoms with Crippen LogP contribution in [-0.2, 0) is 6.42 Å². The Morgan fingerprint density at radius 1 is 0.814 bits per heavy atom. The molecule has 43 heavy (non-hydrogen) atoms. The Bertz CT molecular complexity index is 1620. The van der Waals surface area contributed by atoms with E-state index < -0.39 is 5.91 Å². The lowest BCUT2D eigenvalue weighted by molar-refractivity contribution is 0.0974. The van der Waals surface area contributed by atoms with Crippen molar-refractivity contribution >= 4 is 35.2 Å². The molecule has 4 N–H and O–H groups in total. The minimum absolute atomic E-state index is 0.128. The number of carbonyl (C=O) groups excluding carboxylic acids is 2. The fourth-order valence-electron chi connectivity index (χ4n) is 4.26. The fraction of sp³-hybridized carbons (Fsp3) is 0.147. The highest BCUT2D eigenvalue weighted by Crippen LogP contribution is 2.38. The summed E-state index contributed by atoms with van der Waals surface area (Å²) in [5, 5.41) is 5.50. The lowest BCUT2D eigenvalue weighted by atomic mass is 10.1. The van der Waals surface area contributed by atoms with Crippen LogP contribution < -0.4 is 30.6 Å². The Hall–Kier alpha value is -5.57. The Morgan fingerprint density at radius 3 is 2.12 bits per heavy atom. The molecule has 0 aliphatic heterocycles. The van der Waals surface area contributed by atoms with E-state index in [1.165, 1.54) is 33.5 Å². The van der Waals surface area contributed by atoms with E-state index in [0.29, 0.717) is 34.2 Å². The Kier molecular flexibility index (Phi) is 10.1. The molecule has 0 aliphatic carbocycles. The molecule has 0 saturated heterocycles.